The van der Waals surface area contributed by atoms with E-state index in [2.05, 4.69) is 19.0 Å². The van der Waals surface area contributed by atoms with Gasteiger partial charge < -0.3 is 10.6 Å². The van der Waals surface area contributed by atoms with Crippen LogP contribution >= 0.6 is 0 Å². The molecule has 0 aromatic rings. The fourth-order valence-corrected chi connectivity index (χ4v) is 0.918. The molecule has 0 aromatic heterocycles. The first-order valence-electron chi connectivity index (χ1n) is 3.66. The van der Waals surface area contributed by atoms with Crippen LogP contribution in [0.2, 0.25) is 0 Å². The highest BCUT2D eigenvalue weighted by Crippen LogP contribution is 2.14. The third kappa shape index (κ3) is 1.48. The molecule has 2 N–H and O–H groups in total. The maximum atomic E-state index is 5.40. The lowest BCUT2D eigenvalue weighted by Gasteiger charge is -2.03. The largest absolute Gasteiger partial charge is 0.391 e. The molecule has 58 valence electrons. The molecule has 0 unspecified atom stereocenters. The van der Waals surface area contributed by atoms with Gasteiger partial charge in [0.2, 0.25) is 0 Å². The van der Waals surface area contributed by atoms with E-state index in [4.69, 9.17) is 10.6 Å². The van der Waals surface area contributed by atoms with Crippen molar-refractivity contribution in [3.63, 3.8) is 0 Å². The first-order valence-corrected chi connectivity index (χ1v) is 3.66. The second kappa shape index (κ2) is 3.01. The zero-order valence-electron chi connectivity index (χ0n) is 6.50. The third-order valence-corrected chi connectivity index (χ3v) is 1.69. The Morgan fingerprint density at radius 2 is 2.50 bits per heavy atom. The second-order valence-corrected chi connectivity index (χ2v) is 2.90. The molecule has 1 rings (SSSR count). The monoisotopic (exact) mass is 142 g/mol. The average Bonchev–Trinajstić information content (AvgIpc) is 2.34. The zero-order valence-corrected chi connectivity index (χ0v) is 6.50. The molecule has 0 radical (unpaired) electrons. The van der Waals surface area contributed by atoms with E-state index >= 15 is 0 Å². The maximum Gasteiger partial charge on any atom is 0.145 e. The SMILES string of the molecule is CC(C)C1=NO[C@H](CN)C1. The lowest BCUT2D eigenvalue weighted by atomic mass is 10.0. The van der Waals surface area contributed by atoms with Crippen LogP contribution in [-0.2, 0) is 4.84 Å². The summed E-state index contributed by atoms with van der Waals surface area (Å²) in [5.41, 5.74) is 6.53. The van der Waals surface area contributed by atoms with Gasteiger partial charge in [-0.3, -0.25) is 0 Å². The Morgan fingerprint density at radius 1 is 1.80 bits per heavy atom. The van der Waals surface area contributed by atoms with Gasteiger partial charge in [0.05, 0.1) is 5.71 Å². The van der Waals surface area contributed by atoms with Crippen molar-refractivity contribution in [3.05, 3.63) is 0 Å². The van der Waals surface area contributed by atoms with Crippen molar-refractivity contribution in [2.24, 2.45) is 16.8 Å². The normalized spacial score (nSPS) is 24.8. The van der Waals surface area contributed by atoms with E-state index in [1.807, 2.05) is 0 Å². The minimum atomic E-state index is 0.136. The van der Waals surface area contributed by atoms with Gasteiger partial charge in [-0.25, -0.2) is 0 Å². The van der Waals surface area contributed by atoms with E-state index in [-0.39, 0.29) is 6.10 Å². The molecule has 3 heteroatoms. The maximum absolute atomic E-state index is 5.40. The molecule has 10 heavy (non-hydrogen) atoms. The van der Waals surface area contributed by atoms with Gasteiger partial charge in [-0.05, 0) is 5.92 Å². The Balaban J connectivity index is 2.39. The number of nitrogens with two attached hydrogens (primary N) is 1. The van der Waals surface area contributed by atoms with Gasteiger partial charge in [0.15, 0.2) is 0 Å². The Bertz CT molecular complexity index is 143. The summed E-state index contributed by atoms with van der Waals surface area (Å²) in [6, 6.07) is 0. The van der Waals surface area contributed by atoms with Crippen molar-refractivity contribution in [1.29, 1.82) is 0 Å². The van der Waals surface area contributed by atoms with Gasteiger partial charge in [0.1, 0.15) is 6.10 Å². The van der Waals surface area contributed by atoms with Crippen LogP contribution in [0.4, 0.5) is 0 Å². The molecule has 0 spiro atoms. The van der Waals surface area contributed by atoms with Gasteiger partial charge in [0, 0.05) is 13.0 Å². The number of hydrogen-bond acceptors (Lipinski definition) is 3. The number of oxime groups is 1. The van der Waals surface area contributed by atoms with Crippen molar-refractivity contribution in [2.45, 2.75) is 26.4 Å². The molecule has 0 aliphatic carbocycles. The van der Waals surface area contributed by atoms with Gasteiger partial charge in [-0.15, -0.1) is 0 Å². The van der Waals surface area contributed by atoms with E-state index in [9.17, 15) is 0 Å². The molecule has 1 atom stereocenters. The Kier molecular flexibility index (Phi) is 2.27. The summed E-state index contributed by atoms with van der Waals surface area (Å²) in [5.74, 6) is 0.497. The summed E-state index contributed by atoms with van der Waals surface area (Å²) in [7, 11) is 0. The molecule has 1 heterocycles. The highest BCUT2D eigenvalue weighted by Gasteiger charge is 2.20. The fraction of sp³-hybridized carbons (Fsp3) is 0.857. The van der Waals surface area contributed by atoms with Crippen LogP contribution in [0.5, 0.6) is 0 Å². The Morgan fingerprint density at radius 3 is 2.80 bits per heavy atom. The van der Waals surface area contributed by atoms with Crippen LogP contribution in [0.15, 0.2) is 5.16 Å². The van der Waals surface area contributed by atoms with Crippen LogP contribution in [0.3, 0.4) is 0 Å². The Labute approximate surface area is 61.2 Å². The highest BCUT2D eigenvalue weighted by molar-refractivity contribution is 5.87. The van der Waals surface area contributed by atoms with Gasteiger partial charge in [-0.2, -0.15) is 0 Å². The number of rotatable bonds is 2. The second-order valence-electron chi connectivity index (χ2n) is 2.90. The first kappa shape index (κ1) is 7.54. The molecule has 0 fully saturated rings. The van der Waals surface area contributed by atoms with Gasteiger partial charge in [0.25, 0.3) is 0 Å². The summed E-state index contributed by atoms with van der Waals surface area (Å²) in [6.07, 6.45) is 1.05. The molecule has 0 saturated carbocycles. The van der Waals surface area contributed by atoms with Crippen molar-refractivity contribution in [3.8, 4) is 0 Å². The van der Waals surface area contributed by atoms with Crippen molar-refractivity contribution in [1.82, 2.24) is 0 Å². The van der Waals surface area contributed by atoms with Crippen LogP contribution in [-0.4, -0.2) is 18.4 Å². The van der Waals surface area contributed by atoms with E-state index in [1.165, 1.54) is 0 Å². The van der Waals surface area contributed by atoms with Crippen molar-refractivity contribution in [2.75, 3.05) is 6.54 Å². The average molecular weight is 142 g/mol. The summed E-state index contributed by atoms with van der Waals surface area (Å²) in [6.45, 7) is 4.79. The minimum absolute atomic E-state index is 0.136. The van der Waals surface area contributed by atoms with Crippen LogP contribution in [0, 0.1) is 5.92 Å². The minimum Gasteiger partial charge on any atom is -0.391 e. The smallest absolute Gasteiger partial charge is 0.145 e. The summed E-state index contributed by atoms with van der Waals surface area (Å²) >= 11 is 0. The molecular weight excluding hydrogens is 128 g/mol. The lowest BCUT2D eigenvalue weighted by Crippen LogP contribution is -2.20. The van der Waals surface area contributed by atoms with E-state index in [0.29, 0.717) is 12.5 Å². The fourth-order valence-electron chi connectivity index (χ4n) is 0.918. The van der Waals surface area contributed by atoms with Crippen LogP contribution in [0.1, 0.15) is 20.3 Å². The van der Waals surface area contributed by atoms with E-state index in [1.54, 1.807) is 0 Å². The summed E-state index contributed by atoms with van der Waals surface area (Å²) in [4.78, 5) is 5.04. The lowest BCUT2D eigenvalue weighted by molar-refractivity contribution is 0.0918. The predicted octanol–water partition coefficient (Wildman–Crippen LogP) is 0.746. The summed E-state index contributed by atoms with van der Waals surface area (Å²) < 4.78 is 0. The van der Waals surface area contributed by atoms with Gasteiger partial charge >= 0.3 is 0 Å². The van der Waals surface area contributed by atoms with Crippen molar-refractivity contribution >= 4 is 5.71 Å². The quantitative estimate of drug-likeness (QED) is 0.618. The molecule has 0 saturated heterocycles. The van der Waals surface area contributed by atoms with E-state index in [0.717, 1.165) is 12.1 Å². The standard InChI is InChI=1S/C7H14N2O/c1-5(2)7-3-6(4-8)10-9-7/h5-6H,3-4,8H2,1-2H3/t6-/m0/s1. The molecule has 1 aliphatic rings. The highest BCUT2D eigenvalue weighted by atomic mass is 16.6. The first-order chi connectivity index (χ1) is 4.74. The molecular formula is C7H14N2O. The van der Waals surface area contributed by atoms with Crippen LogP contribution < -0.4 is 5.73 Å². The third-order valence-electron chi connectivity index (χ3n) is 1.69. The molecule has 0 bridgehead atoms. The molecule has 1 aliphatic heterocycles. The number of hydrogen-bond donors (Lipinski definition) is 1. The predicted molar refractivity (Wildman–Crippen MR) is 40.8 cm³/mol. The Hall–Kier alpha value is -0.570. The summed E-state index contributed by atoms with van der Waals surface area (Å²) in [5, 5.41) is 3.92. The van der Waals surface area contributed by atoms with E-state index < -0.39 is 0 Å². The molecule has 0 aromatic carbocycles. The van der Waals surface area contributed by atoms with Crippen molar-refractivity contribution < 1.29 is 4.84 Å². The van der Waals surface area contributed by atoms with Crippen LogP contribution in [0.25, 0.3) is 0 Å². The van der Waals surface area contributed by atoms with Gasteiger partial charge in [-0.1, -0.05) is 19.0 Å². The molecule has 0 amide bonds. The molecule has 3 nitrogen and oxygen atoms in total. The zero-order chi connectivity index (χ0) is 7.56. The topological polar surface area (TPSA) is 47.6 Å². The number of nitrogens with zero attached hydrogens (tertiary/aromatic N) is 1.